The van der Waals surface area contributed by atoms with Crippen molar-refractivity contribution in [1.82, 2.24) is 10.2 Å². The zero-order chi connectivity index (χ0) is 12.8. The molecule has 0 radical (unpaired) electrons. The number of likely N-dealkylation sites (tertiary alicyclic amines) is 1. The Kier molecular flexibility index (Phi) is 5.92. The van der Waals surface area contributed by atoms with Gasteiger partial charge in [-0.05, 0) is 39.2 Å². The largest absolute Gasteiger partial charge is 0.393 e. The van der Waals surface area contributed by atoms with E-state index in [1.54, 1.807) is 0 Å². The third kappa shape index (κ3) is 4.28. The number of aliphatic hydroxyl groups is 1. The van der Waals surface area contributed by atoms with Crippen LogP contribution < -0.4 is 5.32 Å². The summed E-state index contributed by atoms with van der Waals surface area (Å²) in [7, 11) is 0. The standard InChI is InChI=1S/C13H26N2O2/c1-4-5-7-14-13(17)10(2)15-8-6-12(9-15)11(3)16/h10-12,16H,4-9H2,1-3H3,(H,14,17). The number of carbonyl (C=O) groups is 1. The molecule has 1 saturated heterocycles. The van der Waals surface area contributed by atoms with Gasteiger partial charge in [0.25, 0.3) is 0 Å². The Balaban J connectivity index is 2.32. The molecule has 0 spiro atoms. The van der Waals surface area contributed by atoms with Crippen molar-refractivity contribution in [3.63, 3.8) is 0 Å². The van der Waals surface area contributed by atoms with Crippen LogP contribution in [0.2, 0.25) is 0 Å². The van der Waals surface area contributed by atoms with Crippen molar-refractivity contribution in [3.8, 4) is 0 Å². The highest BCUT2D eigenvalue weighted by Gasteiger charge is 2.31. The summed E-state index contributed by atoms with van der Waals surface area (Å²) in [5.74, 6) is 0.436. The Morgan fingerprint density at radius 3 is 2.76 bits per heavy atom. The maximum absolute atomic E-state index is 11.9. The van der Waals surface area contributed by atoms with Gasteiger partial charge in [-0.2, -0.15) is 0 Å². The van der Waals surface area contributed by atoms with Gasteiger partial charge >= 0.3 is 0 Å². The first-order chi connectivity index (χ1) is 8.06. The number of nitrogens with zero attached hydrogens (tertiary/aromatic N) is 1. The fraction of sp³-hybridized carbons (Fsp3) is 0.923. The van der Waals surface area contributed by atoms with Crippen LogP contribution in [0.3, 0.4) is 0 Å². The quantitative estimate of drug-likeness (QED) is 0.683. The molecule has 0 bridgehead atoms. The van der Waals surface area contributed by atoms with Crippen LogP contribution in [0.1, 0.15) is 40.0 Å². The topological polar surface area (TPSA) is 52.6 Å². The highest BCUT2D eigenvalue weighted by atomic mass is 16.3. The van der Waals surface area contributed by atoms with Gasteiger partial charge in [-0.15, -0.1) is 0 Å². The minimum atomic E-state index is -0.268. The number of hydrogen-bond acceptors (Lipinski definition) is 3. The van der Waals surface area contributed by atoms with Gasteiger partial charge in [-0.3, -0.25) is 9.69 Å². The van der Waals surface area contributed by atoms with Crippen molar-refractivity contribution in [2.75, 3.05) is 19.6 Å². The van der Waals surface area contributed by atoms with Gasteiger partial charge in [0, 0.05) is 13.1 Å². The monoisotopic (exact) mass is 242 g/mol. The number of hydrogen-bond donors (Lipinski definition) is 2. The van der Waals surface area contributed by atoms with E-state index in [2.05, 4.69) is 17.1 Å². The maximum Gasteiger partial charge on any atom is 0.237 e. The van der Waals surface area contributed by atoms with E-state index in [4.69, 9.17) is 0 Å². The van der Waals surface area contributed by atoms with Crippen LogP contribution in [-0.4, -0.2) is 47.7 Å². The van der Waals surface area contributed by atoms with Crippen molar-refractivity contribution in [1.29, 1.82) is 0 Å². The highest BCUT2D eigenvalue weighted by Crippen LogP contribution is 2.21. The van der Waals surface area contributed by atoms with E-state index < -0.39 is 0 Å². The minimum Gasteiger partial charge on any atom is -0.393 e. The lowest BCUT2D eigenvalue weighted by Gasteiger charge is -2.24. The smallest absolute Gasteiger partial charge is 0.237 e. The fourth-order valence-corrected chi connectivity index (χ4v) is 2.26. The van der Waals surface area contributed by atoms with E-state index in [0.29, 0.717) is 5.92 Å². The Labute approximate surface area is 104 Å². The van der Waals surface area contributed by atoms with Gasteiger partial charge in [-0.1, -0.05) is 13.3 Å². The molecule has 17 heavy (non-hydrogen) atoms. The molecular weight excluding hydrogens is 216 g/mol. The molecule has 2 N–H and O–H groups in total. The Bertz CT molecular complexity index is 244. The van der Waals surface area contributed by atoms with Crippen LogP contribution in [-0.2, 0) is 4.79 Å². The molecule has 1 aliphatic heterocycles. The van der Waals surface area contributed by atoms with Crippen molar-refractivity contribution in [2.45, 2.75) is 52.2 Å². The van der Waals surface area contributed by atoms with E-state index >= 15 is 0 Å². The molecule has 1 rings (SSSR count). The summed E-state index contributed by atoms with van der Waals surface area (Å²) < 4.78 is 0. The van der Waals surface area contributed by atoms with Crippen molar-refractivity contribution in [2.24, 2.45) is 5.92 Å². The molecule has 3 atom stereocenters. The zero-order valence-corrected chi connectivity index (χ0v) is 11.3. The average Bonchev–Trinajstić information content (AvgIpc) is 2.77. The van der Waals surface area contributed by atoms with Crippen molar-refractivity contribution >= 4 is 5.91 Å². The third-order valence-corrected chi connectivity index (χ3v) is 3.70. The number of unbranched alkanes of at least 4 members (excludes halogenated alkanes) is 1. The zero-order valence-electron chi connectivity index (χ0n) is 11.3. The second-order valence-electron chi connectivity index (χ2n) is 5.10. The summed E-state index contributed by atoms with van der Waals surface area (Å²) in [4.78, 5) is 14.0. The summed E-state index contributed by atoms with van der Waals surface area (Å²) in [6.07, 6.45) is 2.86. The van der Waals surface area contributed by atoms with Crippen LogP contribution in [0, 0.1) is 5.92 Å². The number of nitrogens with one attached hydrogen (secondary N) is 1. The first kappa shape index (κ1) is 14.5. The highest BCUT2D eigenvalue weighted by molar-refractivity contribution is 5.81. The lowest BCUT2D eigenvalue weighted by atomic mass is 10.0. The SMILES string of the molecule is CCCCNC(=O)C(C)N1CCC(C(C)O)C1. The van der Waals surface area contributed by atoms with E-state index in [0.717, 1.165) is 38.9 Å². The Morgan fingerprint density at radius 2 is 2.24 bits per heavy atom. The second-order valence-corrected chi connectivity index (χ2v) is 5.10. The van der Waals surface area contributed by atoms with Crippen LogP contribution in [0.15, 0.2) is 0 Å². The lowest BCUT2D eigenvalue weighted by molar-refractivity contribution is -0.125. The first-order valence-corrected chi connectivity index (χ1v) is 6.76. The van der Waals surface area contributed by atoms with Gasteiger partial charge in [-0.25, -0.2) is 0 Å². The molecule has 4 nitrogen and oxygen atoms in total. The van der Waals surface area contributed by atoms with E-state index in [1.807, 2.05) is 13.8 Å². The summed E-state index contributed by atoms with van der Waals surface area (Å²) >= 11 is 0. The molecule has 4 heteroatoms. The molecule has 0 aliphatic carbocycles. The van der Waals surface area contributed by atoms with Crippen LogP contribution >= 0.6 is 0 Å². The van der Waals surface area contributed by atoms with Gasteiger partial charge in [0.1, 0.15) is 0 Å². The third-order valence-electron chi connectivity index (χ3n) is 3.70. The number of amides is 1. The molecule has 1 aliphatic rings. The van der Waals surface area contributed by atoms with E-state index in [-0.39, 0.29) is 18.1 Å². The first-order valence-electron chi connectivity index (χ1n) is 6.76. The summed E-state index contributed by atoms with van der Waals surface area (Å²) in [6.45, 7) is 8.42. The molecule has 0 aromatic carbocycles. The second kappa shape index (κ2) is 6.97. The summed E-state index contributed by atoms with van der Waals surface area (Å²) in [5, 5.41) is 12.5. The molecule has 1 heterocycles. The minimum absolute atomic E-state index is 0.0735. The van der Waals surface area contributed by atoms with Gasteiger partial charge in [0.2, 0.25) is 5.91 Å². The number of rotatable bonds is 6. The van der Waals surface area contributed by atoms with Gasteiger partial charge < -0.3 is 10.4 Å². The number of carbonyl (C=O) groups excluding carboxylic acids is 1. The van der Waals surface area contributed by atoms with Crippen LogP contribution in [0.5, 0.6) is 0 Å². The number of aliphatic hydroxyl groups excluding tert-OH is 1. The van der Waals surface area contributed by atoms with Crippen LogP contribution in [0.25, 0.3) is 0 Å². The molecule has 0 aromatic heterocycles. The molecule has 100 valence electrons. The Morgan fingerprint density at radius 1 is 1.53 bits per heavy atom. The van der Waals surface area contributed by atoms with Crippen molar-refractivity contribution in [3.05, 3.63) is 0 Å². The molecule has 1 fully saturated rings. The van der Waals surface area contributed by atoms with Crippen molar-refractivity contribution < 1.29 is 9.90 Å². The van der Waals surface area contributed by atoms with E-state index in [1.165, 1.54) is 0 Å². The van der Waals surface area contributed by atoms with Gasteiger partial charge in [0.05, 0.1) is 12.1 Å². The summed E-state index contributed by atoms with van der Waals surface area (Å²) in [6, 6.07) is -0.0735. The summed E-state index contributed by atoms with van der Waals surface area (Å²) in [5.41, 5.74) is 0. The van der Waals surface area contributed by atoms with Crippen LogP contribution in [0.4, 0.5) is 0 Å². The van der Waals surface area contributed by atoms with E-state index in [9.17, 15) is 9.90 Å². The average molecular weight is 242 g/mol. The lowest BCUT2D eigenvalue weighted by Crippen LogP contribution is -2.44. The molecule has 1 amide bonds. The molecule has 3 unspecified atom stereocenters. The molecule has 0 aromatic rings. The van der Waals surface area contributed by atoms with Gasteiger partial charge in [0.15, 0.2) is 0 Å². The molecule has 0 saturated carbocycles. The normalized spacial score (nSPS) is 24.6. The predicted molar refractivity (Wildman–Crippen MR) is 68.7 cm³/mol. The molecular formula is C13H26N2O2. The Hall–Kier alpha value is -0.610. The fourth-order valence-electron chi connectivity index (χ4n) is 2.26. The predicted octanol–water partition coefficient (Wildman–Crippen LogP) is 0.994. The maximum atomic E-state index is 11.9.